The van der Waals surface area contributed by atoms with Gasteiger partial charge in [-0.15, -0.1) is 0 Å². The average molecular weight is 975 g/mol. The van der Waals surface area contributed by atoms with E-state index in [0.717, 1.165) is 11.8 Å². The van der Waals surface area contributed by atoms with Crippen molar-refractivity contribution in [3.05, 3.63) is 128 Å². The quantitative estimate of drug-likeness (QED) is 0.181. The van der Waals surface area contributed by atoms with Crippen molar-refractivity contribution in [3.8, 4) is 22.3 Å². The minimum atomic E-state index is -3.15. The number of allylic oxidation sites excluding steroid dienone is 2. The van der Waals surface area contributed by atoms with Gasteiger partial charge in [0, 0.05) is 0 Å². The molecule has 0 radical (unpaired) electrons. The second-order valence-corrected chi connectivity index (χ2v) is 36.5. The molecule has 1 heterocycles. The van der Waals surface area contributed by atoms with Gasteiger partial charge in [0.2, 0.25) is 0 Å². The van der Waals surface area contributed by atoms with Gasteiger partial charge in [-0.3, -0.25) is 0 Å². The molecule has 0 bridgehead atoms. The predicted molar refractivity (Wildman–Crippen MR) is 267 cm³/mol. The molecule has 2 atom stereocenters. The molecule has 1 aliphatic heterocycles. The summed E-state index contributed by atoms with van der Waals surface area (Å²) >= 11 is -3.15. The Labute approximate surface area is 407 Å². The Bertz CT molecular complexity index is 2170. The molecule has 4 aromatic rings. The zero-order chi connectivity index (χ0) is 44.0. The van der Waals surface area contributed by atoms with E-state index in [-0.39, 0.29) is 46.5 Å². The van der Waals surface area contributed by atoms with E-state index in [4.69, 9.17) is 0 Å². The van der Waals surface area contributed by atoms with Crippen LogP contribution in [0.15, 0.2) is 83.9 Å². The van der Waals surface area contributed by atoms with E-state index in [1.54, 1.807) is 22.3 Å². The SMILES string of the molecule is CC(C)(C)c1cc(-c2cccc3c2C=C(C2CCCCC2)[CH]3[Zr+2]2([CH]3C(C4CCCCC4)=Cc4c(-c5cc(C(C)(C)C)cc(C(C)(C)C)c5)cccc43)[CH2]C[CH2]2)cc(C(C)(C)C)c1.[Cl-].[Cl-]. The van der Waals surface area contributed by atoms with Crippen LogP contribution < -0.4 is 24.8 Å². The first-order valence-electron chi connectivity index (χ1n) is 25.3. The van der Waals surface area contributed by atoms with Gasteiger partial charge in [0.15, 0.2) is 0 Å². The van der Waals surface area contributed by atoms with Gasteiger partial charge in [-0.05, 0) is 0 Å². The molecule has 3 fully saturated rings. The van der Waals surface area contributed by atoms with Crippen molar-refractivity contribution < 1.29 is 45.1 Å². The molecule has 3 heteroatoms. The maximum absolute atomic E-state index is 3.15. The topological polar surface area (TPSA) is 0 Å². The molecule has 0 spiro atoms. The van der Waals surface area contributed by atoms with Gasteiger partial charge in [0.1, 0.15) is 0 Å². The Kier molecular flexibility index (Phi) is 14.3. The second kappa shape index (κ2) is 18.4. The summed E-state index contributed by atoms with van der Waals surface area (Å²) in [5.41, 5.74) is 22.5. The molecule has 5 aliphatic rings. The molecular formula is C61H80Cl2Zr. The van der Waals surface area contributed by atoms with Crippen LogP contribution >= 0.6 is 0 Å². The third-order valence-corrected chi connectivity index (χ3v) is 31.9. The van der Waals surface area contributed by atoms with Crippen LogP contribution in [0.3, 0.4) is 0 Å². The normalized spacial score (nSPS) is 21.0. The fraction of sp³-hybridized carbons (Fsp3) is 0.541. The van der Waals surface area contributed by atoms with Gasteiger partial charge in [-0.25, -0.2) is 0 Å². The first-order chi connectivity index (χ1) is 29.2. The summed E-state index contributed by atoms with van der Waals surface area (Å²) in [5.74, 6) is 1.47. The maximum Gasteiger partial charge on any atom is -1.00 e. The molecule has 342 valence electrons. The number of rotatable bonds is 6. The van der Waals surface area contributed by atoms with Gasteiger partial charge >= 0.3 is 386 Å². The molecule has 2 saturated carbocycles. The van der Waals surface area contributed by atoms with E-state index in [1.807, 2.05) is 11.1 Å². The van der Waals surface area contributed by atoms with Crippen molar-refractivity contribution in [1.29, 1.82) is 0 Å². The van der Waals surface area contributed by atoms with Crippen LogP contribution in [-0.4, -0.2) is 0 Å². The van der Waals surface area contributed by atoms with Crippen LogP contribution in [0.5, 0.6) is 0 Å². The van der Waals surface area contributed by atoms with E-state index in [9.17, 15) is 0 Å². The molecule has 4 aromatic carbocycles. The first kappa shape index (κ1) is 49.7. The summed E-state index contributed by atoms with van der Waals surface area (Å²) in [7, 11) is 0. The van der Waals surface area contributed by atoms with Crippen molar-refractivity contribution in [1.82, 2.24) is 0 Å². The van der Waals surface area contributed by atoms with E-state index < -0.39 is 20.3 Å². The average Bonchev–Trinajstić information content (AvgIpc) is 3.80. The standard InChI is InChI=1S/2C29H37.C3H6.2ClH.Zr/c2*1-28(2,3)24-16-23(17-25(19-24)29(4,5)6)26-14-10-13-21-15-22(18-27(21)26)20-11-8-7-9-12-20;1-3-2;;;/h2*10,13-20H,7-9,11-12H2,1-6H3;1-3H2;2*1H;/q;;;;;+2/p-2. The molecule has 2 unspecified atom stereocenters. The Morgan fingerprint density at radius 2 is 0.734 bits per heavy atom. The van der Waals surface area contributed by atoms with Crippen molar-refractivity contribution in [3.63, 3.8) is 0 Å². The van der Waals surface area contributed by atoms with Crippen LogP contribution in [0.25, 0.3) is 34.4 Å². The predicted octanol–water partition coefficient (Wildman–Crippen LogP) is 12.3. The Morgan fingerprint density at radius 3 is 1.02 bits per heavy atom. The monoisotopic (exact) mass is 972 g/mol. The Morgan fingerprint density at radius 1 is 0.406 bits per heavy atom. The van der Waals surface area contributed by atoms with Crippen molar-refractivity contribution in [2.75, 3.05) is 0 Å². The van der Waals surface area contributed by atoms with Gasteiger partial charge < -0.3 is 24.8 Å². The maximum atomic E-state index is 2.85. The van der Waals surface area contributed by atoms with E-state index in [2.05, 4.69) is 168 Å². The summed E-state index contributed by atoms with van der Waals surface area (Å²) in [5, 5.41) is 0. The van der Waals surface area contributed by atoms with Crippen LogP contribution in [0, 0.1) is 11.8 Å². The minimum absolute atomic E-state index is 0. The van der Waals surface area contributed by atoms with Gasteiger partial charge in [0.05, 0.1) is 0 Å². The summed E-state index contributed by atoms with van der Waals surface area (Å²) in [6, 6.07) is 30.5. The second-order valence-electron chi connectivity index (χ2n) is 25.1. The molecular weight excluding hydrogens is 895 g/mol. The minimum Gasteiger partial charge on any atom is -1.00 e. The molecule has 0 amide bonds. The van der Waals surface area contributed by atoms with Crippen molar-refractivity contribution in [2.24, 2.45) is 11.8 Å². The van der Waals surface area contributed by atoms with Gasteiger partial charge in [0.25, 0.3) is 0 Å². The largest absolute Gasteiger partial charge is 1.00 e. The number of hydrogen-bond donors (Lipinski definition) is 0. The van der Waals surface area contributed by atoms with E-state index in [0.29, 0.717) is 7.25 Å². The van der Waals surface area contributed by atoms with Crippen LogP contribution in [-0.2, 0) is 41.9 Å². The molecule has 0 N–H and O–H groups in total. The van der Waals surface area contributed by atoms with E-state index in [1.165, 1.54) is 123 Å². The third kappa shape index (κ3) is 9.22. The fourth-order valence-electron chi connectivity index (χ4n) is 12.8. The molecule has 1 saturated heterocycles. The number of halogens is 2. The van der Waals surface area contributed by atoms with Crippen LogP contribution in [0.1, 0.15) is 205 Å². The summed E-state index contributed by atoms with van der Waals surface area (Å²) in [6.45, 7) is 28.7. The van der Waals surface area contributed by atoms with Crippen LogP contribution in [0.4, 0.5) is 0 Å². The molecule has 9 rings (SSSR count). The number of fused-ring (bicyclic) bond motifs is 2. The third-order valence-electron chi connectivity index (χ3n) is 16.7. The van der Waals surface area contributed by atoms with E-state index >= 15 is 0 Å². The summed E-state index contributed by atoms with van der Waals surface area (Å²) in [6.07, 6.45) is 21.1. The smallest absolute Gasteiger partial charge is 1.00 e. The van der Waals surface area contributed by atoms with Crippen LogP contribution in [0.2, 0.25) is 8.26 Å². The van der Waals surface area contributed by atoms with Crippen molar-refractivity contribution in [2.45, 2.75) is 191 Å². The Balaban J connectivity index is 0.00000306. The summed E-state index contributed by atoms with van der Waals surface area (Å²) in [4.78, 5) is 0. The van der Waals surface area contributed by atoms with Crippen molar-refractivity contribution >= 4 is 12.2 Å². The molecule has 0 aromatic heterocycles. The molecule has 0 nitrogen and oxygen atoms in total. The summed E-state index contributed by atoms with van der Waals surface area (Å²) < 4.78 is 4.42. The Hall–Kier alpha value is -2.18. The zero-order valence-corrected chi connectivity index (χ0v) is 45.8. The molecule has 64 heavy (non-hydrogen) atoms. The zero-order valence-electron chi connectivity index (χ0n) is 41.8. The van der Waals surface area contributed by atoms with Gasteiger partial charge in [-0.1, -0.05) is 0 Å². The first-order valence-corrected chi connectivity index (χ1v) is 31.6. The number of hydrogen-bond acceptors (Lipinski definition) is 0. The number of benzene rings is 4. The van der Waals surface area contributed by atoms with Gasteiger partial charge in [-0.2, -0.15) is 0 Å². The molecule has 4 aliphatic carbocycles. The fourth-order valence-corrected chi connectivity index (χ4v) is 28.5.